The number of carbonyl (C=O) groups is 1. The van der Waals surface area contributed by atoms with Crippen molar-refractivity contribution in [2.45, 2.75) is 51.1 Å². The van der Waals surface area contributed by atoms with Gasteiger partial charge in [-0.15, -0.1) is 5.10 Å². The minimum absolute atomic E-state index is 0.114. The Labute approximate surface area is 136 Å². The molecule has 0 spiro atoms. The van der Waals surface area contributed by atoms with Crippen molar-refractivity contribution in [2.24, 2.45) is 5.92 Å². The van der Waals surface area contributed by atoms with Crippen molar-refractivity contribution in [1.29, 1.82) is 0 Å². The Kier molecular flexibility index (Phi) is 3.08. The van der Waals surface area contributed by atoms with Crippen LogP contribution in [0.1, 0.15) is 54.7 Å². The maximum Gasteiger partial charge on any atom is 0.273 e. The monoisotopic (exact) mass is 310 g/mol. The van der Waals surface area contributed by atoms with Crippen LogP contribution in [0.2, 0.25) is 0 Å². The molecule has 1 heterocycles. The van der Waals surface area contributed by atoms with E-state index in [0.29, 0.717) is 17.5 Å². The smallest absolute Gasteiger partial charge is 0.273 e. The van der Waals surface area contributed by atoms with Crippen molar-refractivity contribution in [1.82, 2.24) is 20.3 Å². The molecule has 3 atom stereocenters. The maximum absolute atomic E-state index is 12.5. The zero-order valence-corrected chi connectivity index (χ0v) is 13.8. The largest absolute Gasteiger partial charge is 0.347 e. The average molecular weight is 310 g/mol. The molecule has 1 aromatic carbocycles. The molecule has 5 nitrogen and oxygen atoms in total. The van der Waals surface area contributed by atoms with Crippen molar-refractivity contribution in [3.63, 3.8) is 0 Å². The van der Waals surface area contributed by atoms with Gasteiger partial charge in [0.2, 0.25) is 0 Å². The summed E-state index contributed by atoms with van der Waals surface area (Å²) in [6, 6.07) is 8.84. The normalized spacial score (nSPS) is 25.4. The first-order valence-corrected chi connectivity index (χ1v) is 8.26. The first-order chi connectivity index (χ1) is 10.9. The van der Waals surface area contributed by atoms with Crippen LogP contribution in [0.4, 0.5) is 0 Å². The first kappa shape index (κ1) is 14.4. The molecular weight excluding hydrogens is 288 g/mol. The topological polar surface area (TPSA) is 59.8 Å². The molecule has 0 bridgehead atoms. The van der Waals surface area contributed by atoms with E-state index >= 15 is 0 Å². The van der Waals surface area contributed by atoms with Gasteiger partial charge in [-0.3, -0.25) is 4.79 Å². The third-order valence-corrected chi connectivity index (χ3v) is 5.04. The average Bonchev–Trinajstić information content (AvgIpc) is 2.97. The Morgan fingerprint density at radius 1 is 1.30 bits per heavy atom. The maximum atomic E-state index is 12.5. The number of carbonyl (C=O) groups excluding carboxylic acids is 1. The SMILES string of the molecule is CC(C)(C)n1cc(C(=O)NC2C3CCc4ccccc4C32)nn1. The second-order valence-electron chi connectivity index (χ2n) is 7.65. The summed E-state index contributed by atoms with van der Waals surface area (Å²) in [6.07, 6.45) is 4.00. The van der Waals surface area contributed by atoms with E-state index in [1.807, 2.05) is 20.8 Å². The van der Waals surface area contributed by atoms with Crippen LogP contribution in [-0.4, -0.2) is 26.9 Å². The summed E-state index contributed by atoms with van der Waals surface area (Å²) in [6.45, 7) is 6.11. The van der Waals surface area contributed by atoms with Crippen LogP contribution in [0.15, 0.2) is 30.5 Å². The number of aromatic nitrogens is 3. The standard InChI is InChI=1S/C18H22N4O/c1-18(2,3)22-10-14(20-21-22)17(23)19-16-13-9-8-11-6-4-5-7-12(11)15(13)16/h4-7,10,13,15-16H,8-9H2,1-3H3,(H,19,23). The van der Waals surface area contributed by atoms with Gasteiger partial charge in [-0.2, -0.15) is 0 Å². The number of fused-ring (bicyclic) bond motifs is 3. The van der Waals surface area contributed by atoms with Crippen LogP contribution in [0.3, 0.4) is 0 Å². The summed E-state index contributed by atoms with van der Waals surface area (Å²) in [5.74, 6) is 0.936. The quantitative estimate of drug-likeness (QED) is 0.927. The fourth-order valence-corrected chi connectivity index (χ4v) is 3.68. The minimum Gasteiger partial charge on any atom is -0.347 e. The second-order valence-corrected chi connectivity index (χ2v) is 7.65. The molecule has 23 heavy (non-hydrogen) atoms. The predicted molar refractivity (Wildman–Crippen MR) is 87.3 cm³/mol. The number of hydrogen-bond acceptors (Lipinski definition) is 3. The Morgan fingerprint density at radius 2 is 2.09 bits per heavy atom. The first-order valence-electron chi connectivity index (χ1n) is 8.26. The summed E-state index contributed by atoms with van der Waals surface area (Å²) in [7, 11) is 0. The highest BCUT2D eigenvalue weighted by Crippen LogP contribution is 2.54. The van der Waals surface area contributed by atoms with Crippen molar-refractivity contribution in [3.8, 4) is 0 Å². The van der Waals surface area contributed by atoms with Crippen LogP contribution in [0, 0.1) is 5.92 Å². The van der Waals surface area contributed by atoms with Gasteiger partial charge in [0, 0.05) is 12.0 Å². The molecule has 1 amide bonds. The molecule has 1 saturated carbocycles. The highest BCUT2D eigenvalue weighted by Gasteiger charge is 2.54. The van der Waals surface area contributed by atoms with Crippen molar-refractivity contribution in [2.75, 3.05) is 0 Å². The van der Waals surface area contributed by atoms with Crippen LogP contribution in [-0.2, 0) is 12.0 Å². The van der Waals surface area contributed by atoms with Gasteiger partial charge in [-0.25, -0.2) is 4.68 Å². The van der Waals surface area contributed by atoms with Gasteiger partial charge < -0.3 is 5.32 Å². The molecule has 0 radical (unpaired) electrons. The molecule has 2 aromatic rings. The molecular formula is C18H22N4O. The van der Waals surface area contributed by atoms with E-state index in [4.69, 9.17) is 0 Å². The lowest BCUT2D eigenvalue weighted by molar-refractivity contribution is 0.0943. The number of aryl methyl sites for hydroxylation is 1. The summed E-state index contributed by atoms with van der Waals surface area (Å²) < 4.78 is 1.73. The zero-order chi connectivity index (χ0) is 16.2. The Hall–Kier alpha value is -2.17. The van der Waals surface area contributed by atoms with E-state index in [9.17, 15) is 4.79 Å². The number of rotatable bonds is 2. The molecule has 0 saturated heterocycles. The molecule has 1 fully saturated rings. The number of benzene rings is 1. The Morgan fingerprint density at radius 3 is 2.83 bits per heavy atom. The fraction of sp³-hybridized carbons (Fsp3) is 0.500. The molecule has 1 N–H and O–H groups in total. The molecule has 1 aromatic heterocycles. The van der Waals surface area contributed by atoms with Crippen molar-refractivity contribution < 1.29 is 4.79 Å². The number of amides is 1. The van der Waals surface area contributed by atoms with Crippen LogP contribution >= 0.6 is 0 Å². The zero-order valence-electron chi connectivity index (χ0n) is 13.8. The van der Waals surface area contributed by atoms with E-state index in [2.05, 4.69) is 39.9 Å². The van der Waals surface area contributed by atoms with Gasteiger partial charge in [0.05, 0.1) is 11.7 Å². The van der Waals surface area contributed by atoms with E-state index < -0.39 is 0 Å². The predicted octanol–water partition coefficient (Wildman–Crippen LogP) is 2.49. The van der Waals surface area contributed by atoms with E-state index in [-0.39, 0.29) is 17.5 Å². The second kappa shape index (κ2) is 4.91. The lowest BCUT2D eigenvalue weighted by Crippen LogP contribution is -2.28. The van der Waals surface area contributed by atoms with E-state index in [1.54, 1.807) is 10.9 Å². The highest BCUT2D eigenvalue weighted by atomic mass is 16.2. The van der Waals surface area contributed by atoms with Gasteiger partial charge in [-0.05, 0) is 50.7 Å². The third kappa shape index (κ3) is 2.44. The van der Waals surface area contributed by atoms with Gasteiger partial charge in [0.15, 0.2) is 5.69 Å². The van der Waals surface area contributed by atoms with Gasteiger partial charge in [0.1, 0.15) is 0 Å². The Balaban J connectivity index is 1.48. The third-order valence-electron chi connectivity index (χ3n) is 5.04. The lowest BCUT2D eigenvalue weighted by Gasteiger charge is -2.17. The number of nitrogens with one attached hydrogen (secondary N) is 1. The summed E-state index contributed by atoms with van der Waals surface area (Å²) in [5.41, 5.74) is 3.08. The molecule has 2 aliphatic rings. The van der Waals surface area contributed by atoms with Gasteiger partial charge >= 0.3 is 0 Å². The summed E-state index contributed by atoms with van der Waals surface area (Å²) in [4.78, 5) is 12.5. The highest BCUT2D eigenvalue weighted by molar-refractivity contribution is 5.92. The molecule has 3 unspecified atom stereocenters. The Bertz CT molecular complexity index is 758. The molecule has 120 valence electrons. The number of nitrogens with zero attached hydrogens (tertiary/aromatic N) is 3. The summed E-state index contributed by atoms with van der Waals surface area (Å²) >= 11 is 0. The van der Waals surface area contributed by atoms with E-state index in [0.717, 1.165) is 12.8 Å². The lowest BCUT2D eigenvalue weighted by atomic mass is 9.92. The van der Waals surface area contributed by atoms with Gasteiger partial charge in [-0.1, -0.05) is 29.5 Å². The van der Waals surface area contributed by atoms with Crippen LogP contribution < -0.4 is 5.32 Å². The molecule has 4 rings (SSSR count). The van der Waals surface area contributed by atoms with Crippen LogP contribution in [0.25, 0.3) is 0 Å². The fourth-order valence-electron chi connectivity index (χ4n) is 3.68. The van der Waals surface area contributed by atoms with Gasteiger partial charge in [0.25, 0.3) is 5.91 Å². The van der Waals surface area contributed by atoms with Crippen LogP contribution in [0.5, 0.6) is 0 Å². The summed E-state index contributed by atoms with van der Waals surface area (Å²) in [5, 5.41) is 11.3. The molecule has 5 heteroatoms. The molecule has 0 aliphatic heterocycles. The van der Waals surface area contributed by atoms with E-state index in [1.165, 1.54) is 11.1 Å². The molecule has 2 aliphatic carbocycles. The minimum atomic E-state index is -0.169. The van der Waals surface area contributed by atoms with Crippen molar-refractivity contribution >= 4 is 5.91 Å². The number of hydrogen-bond donors (Lipinski definition) is 1. The van der Waals surface area contributed by atoms with Crippen molar-refractivity contribution in [3.05, 3.63) is 47.3 Å².